The molecule has 1 aliphatic carbocycles. The van der Waals surface area contributed by atoms with Crippen molar-refractivity contribution in [2.24, 2.45) is 0 Å². The van der Waals surface area contributed by atoms with E-state index in [0.717, 1.165) is 40.1 Å². The molecule has 0 aliphatic heterocycles. The summed E-state index contributed by atoms with van der Waals surface area (Å²) >= 11 is 0. The lowest BCUT2D eigenvalue weighted by Crippen LogP contribution is -2.28. The molecule has 2 amide bonds. The minimum absolute atomic E-state index is 0.313. The van der Waals surface area contributed by atoms with Crippen LogP contribution in [0.2, 0.25) is 0 Å². The number of amides is 2. The molecule has 2 N–H and O–H groups in total. The van der Waals surface area contributed by atoms with Crippen LogP contribution >= 0.6 is 0 Å². The highest BCUT2D eigenvalue weighted by Crippen LogP contribution is 2.37. The molecular formula is C38H33N3O5. The van der Waals surface area contributed by atoms with Gasteiger partial charge in [-0.3, -0.25) is 9.59 Å². The maximum Gasteiger partial charge on any atom is 0.339 e. The average Bonchev–Trinajstić information content (AvgIpc) is 3.48. The average molecular weight is 612 g/mol. The van der Waals surface area contributed by atoms with Crippen molar-refractivity contribution in [1.82, 2.24) is 10.3 Å². The number of rotatable bonds is 10. The molecular weight excluding hydrogens is 578 g/mol. The molecule has 0 saturated carbocycles. The van der Waals surface area contributed by atoms with Crippen molar-refractivity contribution in [3.63, 3.8) is 0 Å². The second kappa shape index (κ2) is 13.9. The van der Waals surface area contributed by atoms with Crippen molar-refractivity contribution in [3.8, 4) is 5.75 Å². The van der Waals surface area contributed by atoms with Gasteiger partial charge in [0.1, 0.15) is 5.75 Å². The number of fused-ring (bicyclic) bond motifs is 2. The van der Waals surface area contributed by atoms with Crippen LogP contribution < -0.4 is 15.4 Å². The number of nitrogens with zero attached hydrogens (tertiary/aromatic N) is 1. The predicted molar refractivity (Wildman–Crippen MR) is 179 cm³/mol. The Labute approximate surface area is 267 Å². The van der Waals surface area contributed by atoms with E-state index in [1.807, 2.05) is 78.9 Å². The molecule has 8 nitrogen and oxygen atoms in total. The summed E-state index contributed by atoms with van der Waals surface area (Å²) in [4.78, 5) is 44.4. The van der Waals surface area contributed by atoms with Crippen LogP contribution in [0.5, 0.6) is 5.75 Å². The molecule has 1 aromatic heterocycles. The van der Waals surface area contributed by atoms with Crippen molar-refractivity contribution in [3.05, 3.63) is 137 Å². The zero-order valence-corrected chi connectivity index (χ0v) is 25.4. The van der Waals surface area contributed by atoms with Crippen LogP contribution in [0, 0.1) is 0 Å². The summed E-state index contributed by atoms with van der Waals surface area (Å²) in [6, 6.07) is 31.8. The first kappa shape index (κ1) is 30.3. The summed E-state index contributed by atoms with van der Waals surface area (Å²) in [6.07, 6.45) is 4.12. The number of carbonyl (C=O) groups excluding carboxylic acids is 3. The number of hydrogen-bond donors (Lipinski definition) is 2. The smallest absolute Gasteiger partial charge is 0.339 e. The highest BCUT2D eigenvalue weighted by molar-refractivity contribution is 6.08. The van der Waals surface area contributed by atoms with Gasteiger partial charge in [-0.1, -0.05) is 72.8 Å². The topological polar surface area (TPSA) is 107 Å². The molecule has 1 aliphatic rings. The van der Waals surface area contributed by atoms with Gasteiger partial charge >= 0.3 is 5.97 Å². The first-order valence-electron chi connectivity index (χ1n) is 15.1. The standard InChI is InChI=1S/C38H33N3O5/c1-45-28-18-15-25(16-19-28)21-22-39-37(43)30-12-6-8-14-33(30)40-34(42)24-46-38(44)35-29-11-5-7-13-32(29)41-36-27(17-20-31(35)36)23-26-9-3-2-4-10-26/h2-16,18-19,23H,17,20-22,24H2,1H3,(H,39,43)(H,40,42)/b27-23-. The largest absolute Gasteiger partial charge is 0.497 e. The maximum absolute atomic E-state index is 13.6. The summed E-state index contributed by atoms with van der Waals surface area (Å²) < 4.78 is 10.8. The SMILES string of the molecule is COc1ccc(CCNC(=O)c2ccccc2NC(=O)COC(=O)c2c3c(nc4ccccc24)/C(=C\c2ccccc2)CC3)cc1. The maximum atomic E-state index is 13.6. The molecule has 0 radical (unpaired) electrons. The number of esters is 1. The number of hydrogen-bond acceptors (Lipinski definition) is 6. The Kier molecular flexibility index (Phi) is 9.15. The molecule has 1 heterocycles. The van der Waals surface area contributed by atoms with Crippen LogP contribution in [0.4, 0.5) is 5.69 Å². The number of carbonyl (C=O) groups is 3. The van der Waals surface area contributed by atoms with E-state index in [1.54, 1.807) is 31.4 Å². The molecule has 6 rings (SSSR count). The Morgan fingerprint density at radius 1 is 0.848 bits per heavy atom. The molecule has 0 atom stereocenters. The third-order valence-corrected chi connectivity index (χ3v) is 7.92. The Hall–Kier alpha value is -5.76. The number of pyridine rings is 1. The van der Waals surface area contributed by atoms with E-state index in [-0.39, 0.29) is 5.91 Å². The van der Waals surface area contributed by atoms with E-state index >= 15 is 0 Å². The minimum Gasteiger partial charge on any atom is -0.497 e. The lowest BCUT2D eigenvalue weighted by Gasteiger charge is -2.14. The summed E-state index contributed by atoms with van der Waals surface area (Å²) in [5, 5.41) is 6.32. The molecule has 0 spiro atoms. The second-order valence-electron chi connectivity index (χ2n) is 10.9. The number of anilines is 1. The molecule has 46 heavy (non-hydrogen) atoms. The van der Waals surface area contributed by atoms with E-state index in [9.17, 15) is 14.4 Å². The van der Waals surface area contributed by atoms with Crippen LogP contribution in [0.3, 0.4) is 0 Å². The number of methoxy groups -OCH3 is 1. The Balaban J connectivity index is 1.13. The zero-order chi connectivity index (χ0) is 31.9. The molecule has 230 valence electrons. The lowest BCUT2D eigenvalue weighted by atomic mass is 10.0. The first-order chi connectivity index (χ1) is 22.5. The first-order valence-corrected chi connectivity index (χ1v) is 15.1. The number of para-hydroxylation sites is 2. The van der Waals surface area contributed by atoms with Crippen molar-refractivity contribution < 1.29 is 23.9 Å². The van der Waals surface area contributed by atoms with Crippen molar-refractivity contribution in [2.75, 3.05) is 25.6 Å². The van der Waals surface area contributed by atoms with Crippen LogP contribution in [-0.2, 0) is 22.4 Å². The normalized spacial score (nSPS) is 12.8. The quantitative estimate of drug-likeness (QED) is 0.175. The minimum atomic E-state index is -0.587. The van der Waals surface area contributed by atoms with Gasteiger partial charge in [-0.2, -0.15) is 0 Å². The van der Waals surface area contributed by atoms with Crippen LogP contribution in [0.25, 0.3) is 22.6 Å². The van der Waals surface area contributed by atoms with E-state index in [4.69, 9.17) is 14.5 Å². The van der Waals surface area contributed by atoms with Gasteiger partial charge in [-0.15, -0.1) is 0 Å². The van der Waals surface area contributed by atoms with Gasteiger partial charge in [0, 0.05) is 11.9 Å². The predicted octanol–water partition coefficient (Wildman–Crippen LogP) is 6.50. The van der Waals surface area contributed by atoms with E-state index in [2.05, 4.69) is 16.7 Å². The van der Waals surface area contributed by atoms with Crippen molar-refractivity contribution in [1.29, 1.82) is 0 Å². The monoisotopic (exact) mass is 611 g/mol. The number of allylic oxidation sites excluding steroid dienone is 1. The highest BCUT2D eigenvalue weighted by Gasteiger charge is 2.28. The molecule has 0 unspecified atom stereocenters. The summed E-state index contributed by atoms with van der Waals surface area (Å²) in [5.74, 6) is -0.687. The number of nitrogens with one attached hydrogen (secondary N) is 2. The van der Waals surface area contributed by atoms with Gasteiger partial charge in [0.2, 0.25) is 0 Å². The van der Waals surface area contributed by atoms with Crippen LogP contribution in [0.15, 0.2) is 103 Å². The lowest BCUT2D eigenvalue weighted by molar-refractivity contribution is -0.119. The van der Waals surface area contributed by atoms with Gasteiger partial charge in [0.05, 0.1) is 35.1 Å². The Morgan fingerprint density at radius 3 is 2.39 bits per heavy atom. The van der Waals surface area contributed by atoms with Crippen molar-refractivity contribution in [2.45, 2.75) is 19.3 Å². The fraction of sp³-hybridized carbons (Fsp3) is 0.158. The number of benzene rings is 4. The third kappa shape index (κ3) is 6.81. The van der Waals surface area contributed by atoms with E-state index in [1.165, 1.54) is 0 Å². The molecule has 0 saturated heterocycles. The second-order valence-corrected chi connectivity index (χ2v) is 10.9. The van der Waals surface area contributed by atoms with E-state index < -0.39 is 18.5 Å². The molecule has 0 bridgehead atoms. The molecule has 5 aromatic rings. The summed E-state index contributed by atoms with van der Waals surface area (Å²) in [5.41, 5.74) is 6.54. The fourth-order valence-electron chi connectivity index (χ4n) is 5.65. The number of aromatic nitrogens is 1. The summed E-state index contributed by atoms with van der Waals surface area (Å²) in [6.45, 7) is -0.0953. The van der Waals surface area contributed by atoms with Gasteiger partial charge in [0.15, 0.2) is 6.61 Å². The van der Waals surface area contributed by atoms with Crippen LogP contribution in [0.1, 0.15) is 49.5 Å². The van der Waals surface area contributed by atoms with Crippen molar-refractivity contribution >= 4 is 46.0 Å². The fourth-order valence-corrected chi connectivity index (χ4v) is 5.65. The van der Waals surface area contributed by atoms with Gasteiger partial charge in [-0.05, 0) is 77.9 Å². The molecule has 4 aromatic carbocycles. The van der Waals surface area contributed by atoms with Crippen LogP contribution in [-0.4, -0.2) is 43.0 Å². The molecule has 0 fully saturated rings. The Morgan fingerprint density at radius 2 is 1.59 bits per heavy atom. The van der Waals surface area contributed by atoms with Gasteiger partial charge in [0.25, 0.3) is 11.8 Å². The zero-order valence-electron chi connectivity index (χ0n) is 25.4. The number of ether oxygens (including phenoxy) is 2. The van der Waals surface area contributed by atoms with E-state index in [0.29, 0.717) is 47.1 Å². The summed E-state index contributed by atoms with van der Waals surface area (Å²) in [7, 11) is 1.61. The highest BCUT2D eigenvalue weighted by atomic mass is 16.5. The van der Waals surface area contributed by atoms with Gasteiger partial charge in [-0.25, -0.2) is 9.78 Å². The Bertz CT molecular complexity index is 1930. The third-order valence-electron chi connectivity index (χ3n) is 7.92. The molecule has 8 heteroatoms. The van der Waals surface area contributed by atoms with Gasteiger partial charge < -0.3 is 20.1 Å².